The molecule has 2 aromatic rings. The van der Waals surface area contributed by atoms with Gasteiger partial charge in [-0.05, 0) is 32.9 Å². The van der Waals surface area contributed by atoms with Crippen molar-refractivity contribution in [3.05, 3.63) is 34.1 Å². The van der Waals surface area contributed by atoms with E-state index in [1.807, 2.05) is 26.8 Å². The molecule has 0 spiro atoms. The first-order valence-corrected chi connectivity index (χ1v) is 7.19. The minimum Gasteiger partial charge on any atom is -0.359 e. The molecule has 1 N–H and O–H groups in total. The topological polar surface area (TPSA) is 90.0 Å². The Balaban J connectivity index is 2.30. The van der Waals surface area contributed by atoms with Crippen molar-refractivity contribution in [1.82, 2.24) is 20.0 Å². The predicted octanol–water partition coefficient (Wildman–Crippen LogP) is 1.47. The summed E-state index contributed by atoms with van der Waals surface area (Å²) in [6.07, 6.45) is 0.610. The van der Waals surface area contributed by atoms with Crippen LogP contribution in [0.1, 0.15) is 37.9 Å². The standard InChI is InChI=1S/C15H20N4O3/c1-9(2)19-10(3)5-6-11(15(19)21)14-17-13(22-18-14)8-7-12(20)16-4/h5-6,9H,7-8H2,1-4H3,(H,16,20). The van der Waals surface area contributed by atoms with Gasteiger partial charge in [0.25, 0.3) is 5.56 Å². The van der Waals surface area contributed by atoms with E-state index < -0.39 is 0 Å². The van der Waals surface area contributed by atoms with E-state index in [4.69, 9.17) is 4.52 Å². The summed E-state index contributed by atoms with van der Waals surface area (Å²) in [7, 11) is 1.57. The van der Waals surface area contributed by atoms with Crippen LogP contribution in [0.4, 0.5) is 0 Å². The molecule has 7 heteroatoms. The molecule has 0 saturated heterocycles. The highest BCUT2D eigenvalue weighted by Gasteiger charge is 2.16. The lowest BCUT2D eigenvalue weighted by Gasteiger charge is -2.14. The second kappa shape index (κ2) is 6.55. The van der Waals surface area contributed by atoms with Gasteiger partial charge in [-0.15, -0.1) is 0 Å². The van der Waals surface area contributed by atoms with Gasteiger partial charge in [-0.3, -0.25) is 9.59 Å². The van der Waals surface area contributed by atoms with E-state index >= 15 is 0 Å². The number of aromatic nitrogens is 3. The second-order valence-corrected chi connectivity index (χ2v) is 5.34. The maximum absolute atomic E-state index is 12.5. The van der Waals surface area contributed by atoms with E-state index in [9.17, 15) is 9.59 Å². The molecular formula is C15H20N4O3. The first kappa shape index (κ1) is 15.9. The normalized spacial score (nSPS) is 11.0. The molecule has 7 nitrogen and oxygen atoms in total. The Morgan fingerprint density at radius 1 is 1.41 bits per heavy atom. The van der Waals surface area contributed by atoms with Crippen LogP contribution in [-0.2, 0) is 11.2 Å². The van der Waals surface area contributed by atoms with Gasteiger partial charge in [-0.1, -0.05) is 5.16 Å². The Kier molecular flexibility index (Phi) is 4.75. The van der Waals surface area contributed by atoms with Crippen LogP contribution in [0.25, 0.3) is 11.4 Å². The number of hydrogen-bond donors (Lipinski definition) is 1. The maximum atomic E-state index is 12.5. The third-order valence-electron chi connectivity index (χ3n) is 3.39. The fraction of sp³-hybridized carbons (Fsp3) is 0.467. The van der Waals surface area contributed by atoms with Crippen LogP contribution in [0.2, 0.25) is 0 Å². The number of hydrogen-bond acceptors (Lipinski definition) is 5. The number of aryl methyl sites for hydroxylation is 2. The average molecular weight is 304 g/mol. The Hall–Kier alpha value is -2.44. The van der Waals surface area contributed by atoms with Crippen LogP contribution >= 0.6 is 0 Å². The molecule has 118 valence electrons. The molecule has 0 aliphatic rings. The molecule has 0 radical (unpaired) electrons. The number of nitrogens with one attached hydrogen (secondary N) is 1. The predicted molar refractivity (Wildman–Crippen MR) is 81.5 cm³/mol. The number of rotatable bonds is 5. The zero-order valence-corrected chi connectivity index (χ0v) is 13.2. The largest absolute Gasteiger partial charge is 0.359 e. The van der Waals surface area contributed by atoms with Crippen LogP contribution in [0, 0.1) is 6.92 Å². The molecule has 22 heavy (non-hydrogen) atoms. The summed E-state index contributed by atoms with van der Waals surface area (Å²) in [4.78, 5) is 28.0. The van der Waals surface area contributed by atoms with Gasteiger partial charge in [-0.2, -0.15) is 4.98 Å². The van der Waals surface area contributed by atoms with Crippen molar-refractivity contribution in [1.29, 1.82) is 0 Å². The van der Waals surface area contributed by atoms with Crippen molar-refractivity contribution in [2.45, 2.75) is 39.7 Å². The van der Waals surface area contributed by atoms with Crippen LogP contribution in [0.15, 0.2) is 21.5 Å². The minimum absolute atomic E-state index is 0.0482. The van der Waals surface area contributed by atoms with E-state index in [1.165, 1.54) is 0 Å². The molecule has 2 heterocycles. The van der Waals surface area contributed by atoms with E-state index in [0.717, 1.165) is 5.69 Å². The summed E-state index contributed by atoms with van der Waals surface area (Å²) in [5.74, 6) is 0.498. The van der Waals surface area contributed by atoms with E-state index in [-0.39, 0.29) is 29.8 Å². The van der Waals surface area contributed by atoms with Crippen molar-refractivity contribution < 1.29 is 9.32 Å². The summed E-state index contributed by atoms with van der Waals surface area (Å²) >= 11 is 0. The van der Waals surface area contributed by atoms with Crippen LogP contribution in [0.3, 0.4) is 0 Å². The van der Waals surface area contributed by atoms with E-state index in [1.54, 1.807) is 17.7 Å². The lowest BCUT2D eigenvalue weighted by molar-refractivity contribution is -0.120. The Morgan fingerprint density at radius 3 is 2.77 bits per heavy atom. The van der Waals surface area contributed by atoms with E-state index in [0.29, 0.717) is 17.9 Å². The van der Waals surface area contributed by atoms with Gasteiger partial charge in [0.1, 0.15) is 0 Å². The fourth-order valence-electron chi connectivity index (χ4n) is 2.27. The molecule has 0 unspecified atom stereocenters. The highest BCUT2D eigenvalue weighted by atomic mass is 16.5. The summed E-state index contributed by atoms with van der Waals surface area (Å²) in [6.45, 7) is 5.78. The van der Waals surface area contributed by atoms with Crippen molar-refractivity contribution in [3.8, 4) is 11.4 Å². The minimum atomic E-state index is -0.145. The fourth-order valence-corrected chi connectivity index (χ4v) is 2.27. The van der Waals surface area contributed by atoms with Gasteiger partial charge >= 0.3 is 0 Å². The van der Waals surface area contributed by atoms with Crippen LogP contribution in [0.5, 0.6) is 0 Å². The number of amides is 1. The van der Waals surface area contributed by atoms with Crippen molar-refractivity contribution in [3.63, 3.8) is 0 Å². The van der Waals surface area contributed by atoms with Crippen molar-refractivity contribution in [2.24, 2.45) is 0 Å². The molecule has 0 aromatic carbocycles. The first-order valence-electron chi connectivity index (χ1n) is 7.19. The van der Waals surface area contributed by atoms with Gasteiger partial charge in [0.15, 0.2) is 0 Å². The monoisotopic (exact) mass is 304 g/mol. The quantitative estimate of drug-likeness (QED) is 0.903. The lowest BCUT2D eigenvalue weighted by atomic mass is 10.2. The number of pyridine rings is 1. The molecular weight excluding hydrogens is 284 g/mol. The first-order chi connectivity index (χ1) is 10.4. The third-order valence-corrected chi connectivity index (χ3v) is 3.39. The number of carbonyl (C=O) groups is 1. The van der Waals surface area contributed by atoms with Gasteiger partial charge in [0, 0.05) is 31.6 Å². The zero-order valence-electron chi connectivity index (χ0n) is 13.2. The molecule has 2 aromatic heterocycles. The molecule has 0 fully saturated rings. The van der Waals surface area contributed by atoms with Crippen molar-refractivity contribution in [2.75, 3.05) is 7.05 Å². The van der Waals surface area contributed by atoms with Gasteiger partial charge in [0.2, 0.25) is 17.6 Å². The molecule has 2 rings (SSSR count). The summed E-state index contributed by atoms with van der Waals surface area (Å²) in [6, 6.07) is 3.60. The zero-order chi connectivity index (χ0) is 16.3. The molecule has 0 aliphatic heterocycles. The number of nitrogens with zero attached hydrogens (tertiary/aromatic N) is 3. The average Bonchev–Trinajstić information content (AvgIpc) is 2.93. The SMILES string of the molecule is CNC(=O)CCc1nc(-c2ccc(C)n(C(C)C)c2=O)no1. The molecule has 1 amide bonds. The highest BCUT2D eigenvalue weighted by Crippen LogP contribution is 2.15. The van der Waals surface area contributed by atoms with Crippen molar-refractivity contribution >= 4 is 5.91 Å². The van der Waals surface area contributed by atoms with Gasteiger partial charge < -0.3 is 14.4 Å². The Morgan fingerprint density at radius 2 is 2.14 bits per heavy atom. The molecule has 0 bridgehead atoms. The van der Waals surface area contributed by atoms with Crippen LogP contribution < -0.4 is 10.9 Å². The second-order valence-electron chi connectivity index (χ2n) is 5.34. The van der Waals surface area contributed by atoms with Gasteiger partial charge in [0.05, 0.1) is 5.56 Å². The summed E-state index contributed by atoms with van der Waals surface area (Å²) in [5.41, 5.74) is 1.13. The lowest BCUT2D eigenvalue weighted by Crippen LogP contribution is -2.25. The summed E-state index contributed by atoms with van der Waals surface area (Å²) in [5, 5.41) is 6.38. The Labute approximate surface area is 128 Å². The highest BCUT2D eigenvalue weighted by molar-refractivity contribution is 5.75. The smallest absolute Gasteiger partial charge is 0.262 e. The third kappa shape index (κ3) is 3.24. The Bertz CT molecular complexity index is 731. The maximum Gasteiger partial charge on any atom is 0.262 e. The molecule has 0 saturated carbocycles. The molecule has 0 aliphatic carbocycles. The summed E-state index contributed by atoms with van der Waals surface area (Å²) < 4.78 is 6.80. The number of carbonyl (C=O) groups excluding carboxylic acids is 1. The van der Waals surface area contributed by atoms with Crippen LogP contribution in [-0.4, -0.2) is 27.7 Å². The van der Waals surface area contributed by atoms with E-state index in [2.05, 4.69) is 15.5 Å². The molecule has 0 atom stereocenters. The van der Waals surface area contributed by atoms with Gasteiger partial charge in [-0.25, -0.2) is 0 Å².